The second kappa shape index (κ2) is 4.80. The van der Waals surface area contributed by atoms with Crippen LogP contribution in [0.5, 0.6) is 0 Å². The average molecular weight is 224 g/mol. The van der Waals surface area contributed by atoms with Gasteiger partial charge in [-0.25, -0.2) is 4.39 Å². The van der Waals surface area contributed by atoms with Crippen LogP contribution in [0.3, 0.4) is 0 Å². The topological polar surface area (TPSA) is 38.5 Å². The zero-order valence-corrected chi connectivity index (χ0v) is 9.45. The Morgan fingerprint density at radius 1 is 1.38 bits per heavy atom. The minimum Gasteiger partial charge on any atom is -0.378 e. The van der Waals surface area contributed by atoms with Crippen LogP contribution in [0.25, 0.3) is 0 Å². The lowest BCUT2D eigenvalue weighted by Crippen LogP contribution is -2.36. The molecule has 0 amide bonds. The van der Waals surface area contributed by atoms with Gasteiger partial charge in [-0.3, -0.25) is 0 Å². The van der Waals surface area contributed by atoms with E-state index in [2.05, 4.69) is 0 Å². The molecule has 3 nitrogen and oxygen atoms in total. The number of benzene rings is 1. The maximum Gasteiger partial charge on any atom is 0.146 e. The summed E-state index contributed by atoms with van der Waals surface area (Å²) in [6, 6.07) is 5.08. The van der Waals surface area contributed by atoms with E-state index in [-0.39, 0.29) is 11.9 Å². The summed E-state index contributed by atoms with van der Waals surface area (Å²) in [5.74, 6) is -0.197. The van der Waals surface area contributed by atoms with Crippen LogP contribution in [0.2, 0.25) is 0 Å². The molecule has 1 aromatic rings. The molecule has 88 valence electrons. The summed E-state index contributed by atoms with van der Waals surface area (Å²) in [5, 5.41) is 0. The fourth-order valence-corrected chi connectivity index (χ4v) is 1.87. The molecule has 1 fully saturated rings. The molecule has 1 aromatic carbocycles. The SMILES string of the molecule is C[C@H](N)c1ccc(N2CCOCC2)c(F)c1. The summed E-state index contributed by atoms with van der Waals surface area (Å²) in [6.07, 6.45) is 0. The van der Waals surface area contributed by atoms with Crippen molar-refractivity contribution in [2.24, 2.45) is 5.73 Å². The third-order valence-electron chi connectivity index (χ3n) is 2.85. The van der Waals surface area contributed by atoms with Gasteiger partial charge in [-0.15, -0.1) is 0 Å². The van der Waals surface area contributed by atoms with Gasteiger partial charge in [0.15, 0.2) is 0 Å². The normalized spacial score (nSPS) is 18.6. The van der Waals surface area contributed by atoms with Crippen LogP contribution in [0.15, 0.2) is 18.2 Å². The highest BCUT2D eigenvalue weighted by atomic mass is 19.1. The van der Waals surface area contributed by atoms with E-state index >= 15 is 0 Å². The Labute approximate surface area is 95.0 Å². The number of hydrogen-bond donors (Lipinski definition) is 1. The molecule has 0 aliphatic carbocycles. The minimum absolute atomic E-state index is 0.131. The second-order valence-corrected chi connectivity index (χ2v) is 4.10. The molecule has 0 unspecified atom stereocenters. The van der Waals surface area contributed by atoms with E-state index in [0.29, 0.717) is 18.9 Å². The van der Waals surface area contributed by atoms with Crippen molar-refractivity contribution < 1.29 is 9.13 Å². The van der Waals surface area contributed by atoms with Crippen LogP contribution in [0.1, 0.15) is 18.5 Å². The highest BCUT2D eigenvalue weighted by Gasteiger charge is 2.15. The van der Waals surface area contributed by atoms with Crippen molar-refractivity contribution in [3.63, 3.8) is 0 Å². The number of morpholine rings is 1. The molecule has 16 heavy (non-hydrogen) atoms. The molecule has 1 saturated heterocycles. The van der Waals surface area contributed by atoms with E-state index in [1.54, 1.807) is 6.07 Å². The van der Waals surface area contributed by atoms with Crippen molar-refractivity contribution in [2.45, 2.75) is 13.0 Å². The van der Waals surface area contributed by atoms with Gasteiger partial charge in [-0.1, -0.05) is 6.07 Å². The van der Waals surface area contributed by atoms with Gasteiger partial charge in [0, 0.05) is 19.1 Å². The first-order valence-corrected chi connectivity index (χ1v) is 5.56. The van der Waals surface area contributed by atoms with E-state index in [9.17, 15) is 4.39 Å². The Morgan fingerprint density at radius 2 is 2.06 bits per heavy atom. The summed E-state index contributed by atoms with van der Waals surface area (Å²) >= 11 is 0. The molecule has 1 atom stereocenters. The molecular formula is C12H17FN2O. The number of nitrogens with two attached hydrogens (primary N) is 1. The van der Waals surface area contributed by atoms with E-state index < -0.39 is 0 Å². The molecule has 0 radical (unpaired) electrons. The number of rotatable bonds is 2. The molecule has 4 heteroatoms. The van der Waals surface area contributed by atoms with Gasteiger partial charge in [-0.05, 0) is 24.6 Å². The molecule has 2 rings (SSSR count). The zero-order chi connectivity index (χ0) is 11.5. The first-order chi connectivity index (χ1) is 7.68. The fraction of sp³-hybridized carbons (Fsp3) is 0.500. The standard InChI is InChI=1S/C12H17FN2O/c1-9(14)10-2-3-12(11(13)8-10)15-4-6-16-7-5-15/h2-3,8-9H,4-7,14H2,1H3/t9-/m0/s1. The van der Waals surface area contributed by atoms with Gasteiger partial charge in [0.05, 0.1) is 18.9 Å². The first kappa shape index (κ1) is 11.4. The van der Waals surface area contributed by atoms with Crippen molar-refractivity contribution >= 4 is 5.69 Å². The third kappa shape index (κ3) is 2.33. The highest BCUT2D eigenvalue weighted by molar-refractivity contribution is 5.49. The van der Waals surface area contributed by atoms with Gasteiger partial charge >= 0.3 is 0 Å². The van der Waals surface area contributed by atoms with Gasteiger partial charge < -0.3 is 15.4 Å². The van der Waals surface area contributed by atoms with E-state index in [0.717, 1.165) is 18.7 Å². The summed E-state index contributed by atoms with van der Waals surface area (Å²) in [7, 11) is 0. The summed E-state index contributed by atoms with van der Waals surface area (Å²) in [6.45, 7) is 4.66. The Bertz CT molecular complexity index is 362. The number of nitrogens with zero attached hydrogens (tertiary/aromatic N) is 1. The van der Waals surface area contributed by atoms with Crippen molar-refractivity contribution in [2.75, 3.05) is 31.2 Å². The maximum atomic E-state index is 13.9. The number of ether oxygens (including phenoxy) is 1. The summed E-state index contributed by atoms with van der Waals surface area (Å²) in [4.78, 5) is 2.00. The van der Waals surface area contributed by atoms with Crippen LogP contribution in [-0.4, -0.2) is 26.3 Å². The average Bonchev–Trinajstić information content (AvgIpc) is 2.30. The third-order valence-corrected chi connectivity index (χ3v) is 2.85. The van der Waals surface area contributed by atoms with Gasteiger partial charge in [0.2, 0.25) is 0 Å². The quantitative estimate of drug-likeness (QED) is 0.830. The lowest BCUT2D eigenvalue weighted by Gasteiger charge is -2.29. The van der Waals surface area contributed by atoms with Crippen molar-refractivity contribution in [3.8, 4) is 0 Å². The predicted octanol–water partition coefficient (Wildman–Crippen LogP) is 1.68. The summed E-state index contributed by atoms with van der Waals surface area (Å²) < 4.78 is 19.1. The van der Waals surface area contributed by atoms with Crippen LogP contribution >= 0.6 is 0 Å². The van der Waals surface area contributed by atoms with Gasteiger partial charge in [0.1, 0.15) is 5.82 Å². The zero-order valence-electron chi connectivity index (χ0n) is 9.45. The highest BCUT2D eigenvalue weighted by Crippen LogP contribution is 2.23. The fourth-order valence-electron chi connectivity index (χ4n) is 1.87. The van der Waals surface area contributed by atoms with Crippen molar-refractivity contribution in [1.82, 2.24) is 0 Å². The van der Waals surface area contributed by atoms with Gasteiger partial charge in [-0.2, -0.15) is 0 Å². The van der Waals surface area contributed by atoms with Crippen LogP contribution in [0.4, 0.5) is 10.1 Å². The second-order valence-electron chi connectivity index (χ2n) is 4.10. The first-order valence-electron chi connectivity index (χ1n) is 5.56. The van der Waals surface area contributed by atoms with Crippen LogP contribution < -0.4 is 10.6 Å². The number of anilines is 1. The predicted molar refractivity (Wildman–Crippen MR) is 62.0 cm³/mol. The van der Waals surface area contributed by atoms with Crippen molar-refractivity contribution in [3.05, 3.63) is 29.6 Å². The smallest absolute Gasteiger partial charge is 0.146 e. The maximum absolute atomic E-state index is 13.9. The van der Waals surface area contributed by atoms with E-state index in [1.807, 2.05) is 17.9 Å². The molecular weight excluding hydrogens is 207 g/mol. The van der Waals surface area contributed by atoms with Crippen molar-refractivity contribution in [1.29, 1.82) is 0 Å². The minimum atomic E-state index is -0.197. The van der Waals surface area contributed by atoms with Crippen LogP contribution in [-0.2, 0) is 4.74 Å². The lowest BCUT2D eigenvalue weighted by atomic mass is 10.1. The molecule has 1 aliphatic rings. The summed E-state index contributed by atoms with van der Waals surface area (Å²) in [5.41, 5.74) is 7.19. The monoisotopic (exact) mass is 224 g/mol. The number of halogens is 1. The van der Waals surface area contributed by atoms with Gasteiger partial charge in [0.25, 0.3) is 0 Å². The molecule has 1 heterocycles. The molecule has 0 bridgehead atoms. The van der Waals surface area contributed by atoms with Crippen LogP contribution in [0, 0.1) is 5.82 Å². The Balaban J connectivity index is 2.21. The molecule has 2 N–H and O–H groups in total. The molecule has 0 aromatic heterocycles. The molecule has 0 spiro atoms. The Kier molecular flexibility index (Phi) is 3.41. The van der Waals surface area contributed by atoms with E-state index in [4.69, 9.17) is 10.5 Å². The molecule has 1 aliphatic heterocycles. The molecule has 0 saturated carbocycles. The Morgan fingerprint density at radius 3 is 2.62 bits per heavy atom. The van der Waals surface area contributed by atoms with E-state index in [1.165, 1.54) is 6.07 Å². The lowest BCUT2D eigenvalue weighted by molar-refractivity contribution is 0.122. The number of hydrogen-bond acceptors (Lipinski definition) is 3. The largest absolute Gasteiger partial charge is 0.378 e. The Hall–Kier alpha value is -1.13.